The van der Waals surface area contributed by atoms with E-state index in [0.29, 0.717) is 11.3 Å². The molecule has 1 saturated heterocycles. The predicted octanol–water partition coefficient (Wildman–Crippen LogP) is 4.08. The van der Waals surface area contributed by atoms with Gasteiger partial charge < -0.3 is 15.2 Å². The number of benzene rings is 1. The Morgan fingerprint density at radius 2 is 2.11 bits per heavy atom. The van der Waals surface area contributed by atoms with Crippen LogP contribution in [0.1, 0.15) is 38.1 Å². The molecule has 0 saturated carbocycles. The van der Waals surface area contributed by atoms with Gasteiger partial charge in [-0.05, 0) is 44.4 Å². The summed E-state index contributed by atoms with van der Waals surface area (Å²) in [5.41, 5.74) is 1.35. The Bertz CT molecular complexity index is 725. The van der Waals surface area contributed by atoms with Gasteiger partial charge in [0.1, 0.15) is 12.4 Å². The van der Waals surface area contributed by atoms with Gasteiger partial charge in [-0.25, -0.2) is 9.98 Å². The second-order valence-corrected chi connectivity index (χ2v) is 8.91. The van der Waals surface area contributed by atoms with Crippen molar-refractivity contribution in [3.8, 4) is 0 Å². The van der Waals surface area contributed by atoms with E-state index in [0.717, 1.165) is 37.8 Å². The molecule has 0 radical (unpaired) electrons. The lowest BCUT2D eigenvalue weighted by atomic mass is 10.1. The third-order valence-corrected chi connectivity index (χ3v) is 6.48. The molecule has 5 nitrogen and oxygen atoms in total. The van der Waals surface area contributed by atoms with Crippen molar-refractivity contribution in [2.75, 3.05) is 18.8 Å². The van der Waals surface area contributed by atoms with Crippen molar-refractivity contribution >= 4 is 41.7 Å². The Morgan fingerprint density at radius 3 is 2.82 bits per heavy atom. The van der Waals surface area contributed by atoms with E-state index in [1.807, 2.05) is 12.4 Å². The molecule has 1 aliphatic rings. The van der Waals surface area contributed by atoms with Gasteiger partial charge in [-0.2, -0.15) is 11.8 Å². The van der Waals surface area contributed by atoms with E-state index in [4.69, 9.17) is 4.99 Å². The Kier molecular flexibility index (Phi) is 9.64. The fourth-order valence-corrected chi connectivity index (χ4v) is 4.57. The zero-order valence-electron chi connectivity index (χ0n) is 16.9. The van der Waals surface area contributed by atoms with Gasteiger partial charge in [-0.3, -0.25) is 0 Å². The van der Waals surface area contributed by atoms with E-state index in [1.165, 1.54) is 24.2 Å². The van der Waals surface area contributed by atoms with E-state index in [-0.39, 0.29) is 24.0 Å². The van der Waals surface area contributed by atoms with Gasteiger partial charge in [0.15, 0.2) is 5.96 Å². The highest BCUT2D eigenvalue weighted by Crippen LogP contribution is 2.36. The van der Waals surface area contributed by atoms with Crippen molar-refractivity contribution in [2.24, 2.45) is 4.99 Å². The minimum absolute atomic E-state index is 0. The van der Waals surface area contributed by atoms with Crippen LogP contribution in [0.2, 0.25) is 0 Å². The molecule has 0 amide bonds. The van der Waals surface area contributed by atoms with Gasteiger partial charge in [-0.15, -0.1) is 24.0 Å². The summed E-state index contributed by atoms with van der Waals surface area (Å²) in [5, 5.41) is 6.88. The van der Waals surface area contributed by atoms with Gasteiger partial charge in [-0.1, -0.05) is 30.3 Å². The van der Waals surface area contributed by atoms with Gasteiger partial charge in [0.25, 0.3) is 0 Å². The largest absolute Gasteiger partial charge is 0.357 e. The number of hydrogen-bond acceptors (Lipinski definition) is 3. The topological polar surface area (TPSA) is 54.2 Å². The number of aliphatic imine (C=N–C) groups is 1. The highest BCUT2D eigenvalue weighted by Gasteiger charge is 2.29. The van der Waals surface area contributed by atoms with Crippen LogP contribution in [0.3, 0.4) is 0 Å². The van der Waals surface area contributed by atoms with Crippen molar-refractivity contribution in [3.05, 3.63) is 54.1 Å². The Labute approximate surface area is 190 Å². The number of guanidine groups is 1. The van der Waals surface area contributed by atoms with Crippen molar-refractivity contribution in [1.82, 2.24) is 20.2 Å². The predicted molar refractivity (Wildman–Crippen MR) is 131 cm³/mol. The summed E-state index contributed by atoms with van der Waals surface area (Å²) in [6.45, 7) is 7.76. The zero-order valence-corrected chi connectivity index (χ0v) is 20.0. The molecule has 2 heterocycles. The molecule has 1 aliphatic heterocycles. The zero-order chi connectivity index (χ0) is 19.0. The van der Waals surface area contributed by atoms with Crippen LogP contribution in [0.4, 0.5) is 0 Å². The molecule has 0 aliphatic carbocycles. The van der Waals surface area contributed by atoms with Gasteiger partial charge >= 0.3 is 0 Å². The van der Waals surface area contributed by atoms with Gasteiger partial charge in [0.05, 0.1) is 0 Å². The highest BCUT2D eigenvalue weighted by molar-refractivity contribution is 14.0. The number of aryl methyl sites for hydroxylation is 2. The van der Waals surface area contributed by atoms with Crippen LogP contribution >= 0.6 is 35.7 Å². The van der Waals surface area contributed by atoms with Crippen molar-refractivity contribution < 1.29 is 0 Å². The van der Waals surface area contributed by atoms with Crippen molar-refractivity contribution in [1.29, 1.82) is 0 Å². The van der Waals surface area contributed by atoms with Crippen molar-refractivity contribution in [2.45, 2.75) is 50.9 Å². The maximum Gasteiger partial charge on any atom is 0.191 e. The molecule has 2 N–H and O–H groups in total. The van der Waals surface area contributed by atoms with Crippen LogP contribution < -0.4 is 10.6 Å². The maximum absolute atomic E-state index is 4.77. The van der Waals surface area contributed by atoms with Gasteiger partial charge in [0.2, 0.25) is 0 Å². The number of halogens is 1. The summed E-state index contributed by atoms with van der Waals surface area (Å²) >= 11 is 2.07. The third kappa shape index (κ3) is 6.99. The number of nitrogens with one attached hydrogen (secondary N) is 2. The number of nitrogens with zero attached hydrogens (tertiary/aromatic N) is 3. The molecule has 28 heavy (non-hydrogen) atoms. The molecule has 1 aromatic heterocycles. The molecule has 0 spiro atoms. The standard InChI is InChI=1S/C21H31N5S.HI/c1-3-22-20(25-17-21(2)11-7-15-27-21)24-16-19-23-12-14-26(19)13-10-18-8-5-4-6-9-18;/h4-6,8-9,12,14H,3,7,10-11,13,15-17H2,1-2H3,(H2,22,24,25);1H. The first-order valence-corrected chi connectivity index (χ1v) is 10.9. The highest BCUT2D eigenvalue weighted by atomic mass is 127. The molecule has 1 aromatic carbocycles. The minimum Gasteiger partial charge on any atom is -0.357 e. The van der Waals surface area contributed by atoms with E-state index in [9.17, 15) is 0 Å². The molecule has 0 bridgehead atoms. The lowest BCUT2D eigenvalue weighted by Gasteiger charge is -2.24. The molecule has 154 valence electrons. The number of rotatable bonds is 8. The van der Waals surface area contributed by atoms with Crippen LogP contribution in [0.25, 0.3) is 0 Å². The summed E-state index contributed by atoms with van der Waals surface area (Å²) in [6.07, 6.45) is 7.50. The fourth-order valence-electron chi connectivity index (χ4n) is 3.33. The molecule has 2 aromatic rings. The lowest BCUT2D eigenvalue weighted by molar-refractivity contribution is 0.583. The number of aromatic nitrogens is 2. The van der Waals surface area contributed by atoms with E-state index in [1.54, 1.807) is 0 Å². The average molecular weight is 513 g/mol. The fraction of sp³-hybridized carbons (Fsp3) is 0.524. The number of hydrogen-bond donors (Lipinski definition) is 2. The molecule has 1 fully saturated rings. The molecule has 1 atom stereocenters. The van der Waals surface area contributed by atoms with Crippen molar-refractivity contribution in [3.63, 3.8) is 0 Å². The first-order valence-electron chi connectivity index (χ1n) is 9.88. The number of thioether (sulfide) groups is 1. The first kappa shape index (κ1) is 23.1. The second-order valence-electron chi connectivity index (χ2n) is 7.22. The second kappa shape index (κ2) is 11.7. The quantitative estimate of drug-likeness (QED) is 0.317. The first-order chi connectivity index (χ1) is 13.2. The monoisotopic (exact) mass is 513 g/mol. The summed E-state index contributed by atoms with van der Waals surface area (Å²) in [4.78, 5) is 9.27. The van der Waals surface area contributed by atoms with Crippen LogP contribution in [0.5, 0.6) is 0 Å². The van der Waals surface area contributed by atoms with E-state index < -0.39 is 0 Å². The average Bonchev–Trinajstić information content (AvgIpc) is 3.32. The molecule has 1 unspecified atom stereocenters. The summed E-state index contributed by atoms with van der Waals surface area (Å²) in [7, 11) is 0. The van der Waals surface area contributed by atoms with E-state index >= 15 is 0 Å². The van der Waals surface area contributed by atoms with Gasteiger partial charge in [0, 0.05) is 36.8 Å². The minimum atomic E-state index is 0. The van der Waals surface area contributed by atoms with E-state index in [2.05, 4.69) is 76.1 Å². The third-order valence-electron chi connectivity index (χ3n) is 4.94. The Hall–Kier alpha value is -1.22. The van der Waals surface area contributed by atoms with Crippen LogP contribution in [-0.4, -0.2) is 39.1 Å². The SMILES string of the molecule is CCNC(=NCc1nccn1CCc1ccccc1)NCC1(C)CCCS1.I. The Morgan fingerprint density at radius 1 is 1.29 bits per heavy atom. The molecule has 7 heteroatoms. The summed E-state index contributed by atoms with van der Waals surface area (Å²) in [5.74, 6) is 3.15. The molecule has 3 rings (SSSR count). The normalized spacial score (nSPS) is 19.3. The summed E-state index contributed by atoms with van der Waals surface area (Å²) < 4.78 is 2.53. The van der Waals surface area contributed by atoms with Crippen LogP contribution in [-0.2, 0) is 19.5 Å². The van der Waals surface area contributed by atoms with Crippen LogP contribution in [0.15, 0.2) is 47.7 Å². The Balaban J connectivity index is 0.00000280. The summed E-state index contributed by atoms with van der Waals surface area (Å²) in [6, 6.07) is 10.6. The number of imidazole rings is 1. The van der Waals surface area contributed by atoms with Crippen LogP contribution in [0, 0.1) is 0 Å². The smallest absolute Gasteiger partial charge is 0.191 e. The maximum atomic E-state index is 4.77. The molecular formula is C21H32IN5S. The lowest BCUT2D eigenvalue weighted by Crippen LogP contribution is -2.43. The molecular weight excluding hydrogens is 481 g/mol.